The van der Waals surface area contributed by atoms with Crippen LogP contribution in [-0.4, -0.2) is 11.9 Å². The SMILES string of the molecule is C=CC(=O)OCSc1ccccc1. The first-order valence-corrected chi connectivity index (χ1v) is 4.78. The summed E-state index contributed by atoms with van der Waals surface area (Å²) in [5.41, 5.74) is 0. The summed E-state index contributed by atoms with van der Waals surface area (Å²) in [6.45, 7) is 3.30. The van der Waals surface area contributed by atoms with Gasteiger partial charge in [-0.3, -0.25) is 0 Å². The van der Waals surface area contributed by atoms with Crippen LogP contribution in [0.3, 0.4) is 0 Å². The summed E-state index contributed by atoms with van der Waals surface area (Å²) in [5, 5.41) is 0. The lowest BCUT2D eigenvalue weighted by Gasteiger charge is -2.00. The maximum absolute atomic E-state index is 10.6. The molecule has 0 heterocycles. The predicted octanol–water partition coefficient (Wildman–Crippen LogP) is 2.47. The molecule has 0 unspecified atom stereocenters. The van der Waals surface area contributed by atoms with Crippen molar-refractivity contribution in [2.75, 3.05) is 5.94 Å². The van der Waals surface area contributed by atoms with E-state index in [1.54, 1.807) is 0 Å². The Bertz CT molecular complexity index is 282. The topological polar surface area (TPSA) is 26.3 Å². The van der Waals surface area contributed by atoms with E-state index in [1.165, 1.54) is 11.8 Å². The predicted molar refractivity (Wildman–Crippen MR) is 53.5 cm³/mol. The van der Waals surface area contributed by atoms with Crippen molar-refractivity contribution >= 4 is 17.7 Å². The first-order valence-electron chi connectivity index (χ1n) is 3.80. The zero-order chi connectivity index (χ0) is 9.52. The number of carbonyl (C=O) groups is 1. The summed E-state index contributed by atoms with van der Waals surface area (Å²) in [4.78, 5) is 11.7. The van der Waals surface area contributed by atoms with Gasteiger partial charge in [0.05, 0.1) is 0 Å². The Labute approximate surface area is 81.6 Å². The third-order valence-electron chi connectivity index (χ3n) is 1.34. The molecular formula is C10H10O2S. The van der Waals surface area contributed by atoms with Crippen molar-refractivity contribution in [1.29, 1.82) is 0 Å². The maximum Gasteiger partial charge on any atom is 0.330 e. The van der Waals surface area contributed by atoms with Crippen LogP contribution in [0, 0.1) is 0 Å². The second-order valence-electron chi connectivity index (χ2n) is 2.24. The van der Waals surface area contributed by atoms with E-state index in [0.29, 0.717) is 5.94 Å². The van der Waals surface area contributed by atoms with Gasteiger partial charge < -0.3 is 4.74 Å². The molecule has 0 amide bonds. The lowest BCUT2D eigenvalue weighted by Crippen LogP contribution is -1.98. The minimum Gasteiger partial charge on any atom is -0.451 e. The van der Waals surface area contributed by atoms with E-state index in [0.717, 1.165) is 11.0 Å². The molecule has 0 aliphatic carbocycles. The summed E-state index contributed by atoms with van der Waals surface area (Å²) in [6.07, 6.45) is 1.16. The molecule has 1 aromatic rings. The molecule has 0 saturated carbocycles. The number of ether oxygens (including phenoxy) is 1. The average molecular weight is 194 g/mol. The molecular weight excluding hydrogens is 184 g/mol. The second-order valence-corrected chi connectivity index (χ2v) is 3.24. The molecule has 0 atom stereocenters. The number of hydrogen-bond acceptors (Lipinski definition) is 3. The van der Waals surface area contributed by atoms with Crippen LogP contribution in [0.4, 0.5) is 0 Å². The van der Waals surface area contributed by atoms with Gasteiger partial charge in [0.2, 0.25) is 0 Å². The summed E-state index contributed by atoms with van der Waals surface area (Å²) in [7, 11) is 0. The fraction of sp³-hybridized carbons (Fsp3) is 0.100. The lowest BCUT2D eigenvalue weighted by molar-refractivity contribution is -0.135. The first-order chi connectivity index (χ1) is 6.33. The van der Waals surface area contributed by atoms with Gasteiger partial charge in [0.1, 0.15) is 5.94 Å². The highest BCUT2D eigenvalue weighted by Gasteiger charge is 1.95. The zero-order valence-corrected chi connectivity index (χ0v) is 7.92. The highest BCUT2D eigenvalue weighted by molar-refractivity contribution is 7.99. The minimum atomic E-state index is -0.386. The smallest absolute Gasteiger partial charge is 0.330 e. The number of thioether (sulfide) groups is 1. The third kappa shape index (κ3) is 3.80. The van der Waals surface area contributed by atoms with Gasteiger partial charge >= 0.3 is 5.97 Å². The van der Waals surface area contributed by atoms with Crippen LogP contribution in [0.2, 0.25) is 0 Å². The van der Waals surface area contributed by atoms with Crippen LogP contribution in [-0.2, 0) is 9.53 Å². The fourth-order valence-corrected chi connectivity index (χ4v) is 1.39. The van der Waals surface area contributed by atoms with E-state index in [1.807, 2.05) is 30.3 Å². The lowest BCUT2D eigenvalue weighted by atomic mass is 10.4. The Morgan fingerprint density at radius 1 is 1.46 bits per heavy atom. The zero-order valence-electron chi connectivity index (χ0n) is 7.10. The second kappa shape index (κ2) is 5.43. The Balaban J connectivity index is 2.28. The van der Waals surface area contributed by atoms with Gasteiger partial charge in [0, 0.05) is 11.0 Å². The standard InChI is InChI=1S/C10H10O2S/c1-2-10(11)12-8-13-9-6-4-3-5-7-9/h2-7H,1,8H2. The van der Waals surface area contributed by atoms with Gasteiger partial charge in [-0.2, -0.15) is 0 Å². The molecule has 68 valence electrons. The molecule has 13 heavy (non-hydrogen) atoms. The summed E-state index contributed by atoms with van der Waals surface area (Å²) < 4.78 is 4.80. The normalized spacial score (nSPS) is 9.23. The van der Waals surface area contributed by atoms with Gasteiger partial charge in [0.25, 0.3) is 0 Å². The van der Waals surface area contributed by atoms with Crippen LogP contribution in [0.15, 0.2) is 47.9 Å². The van der Waals surface area contributed by atoms with Crippen LogP contribution < -0.4 is 0 Å². The van der Waals surface area contributed by atoms with Crippen LogP contribution in [0.1, 0.15) is 0 Å². The van der Waals surface area contributed by atoms with Gasteiger partial charge in [-0.05, 0) is 12.1 Å². The molecule has 0 bridgehead atoms. The molecule has 2 nitrogen and oxygen atoms in total. The van der Waals surface area contributed by atoms with Crippen LogP contribution in [0.5, 0.6) is 0 Å². The first kappa shape index (κ1) is 9.86. The fourth-order valence-electron chi connectivity index (χ4n) is 0.731. The van der Waals surface area contributed by atoms with E-state index in [2.05, 4.69) is 6.58 Å². The number of esters is 1. The van der Waals surface area contributed by atoms with E-state index in [-0.39, 0.29) is 5.97 Å². The van der Waals surface area contributed by atoms with Crippen LogP contribution >= 0.6 is 11.8 Å². The molecule has 0 fully saturated rings. The minimum absolute atomic E-state index is 0.328. The maximum atomic E-state index is 10.6. The van der Waals surface area contributed by atoms with Crippen molar-refractivity contribution in [3.8, 4) is 0 Å². The highest BCUT2D eigenvalue weighted by atomic mass is 32.2. The molecule has 0 radical (unpaired) electrons. The van der Waals surface area contributed by atoms with Gasteiger partial charge in [-0.1, -0.05) is 36.5 Å². The molecule has 3 heteroatoms. The summed E-state index contributed by atoms with van der Waals surface area (Å²) in [6, 6.07) is 9.76. The molecule has 0 aliphatic rings. The average Bonchev–Trinajstić information content (AvgIpc) is 2.19. The largest absolute Gasteiger partial charge is 0.451 e. The summed E-state index contributed by atoms with van der Waals surface area (Å²) >= 11 is 1.47. The molecule has 0 aliphatic heterocycles. The quantitative estimate of drug-likeness (QED) is 0.319. The number of benzene rings is 1. The molecule has 0 aromatic heterocycles. The van der Waals surface area contributed by atoms with Crippen molar-refractivity contribution in [1.82, 2.24) is 0 Å². The third-order valence-corrected chi connectivity index (χ3v) is 2.18. The highest BCUT2D eigenvalue weighted by Crippen LogP contribution is 2.16. The van der Waals surface area contributed by atoms with Gasteiger partial charge in [-0.25, -0.2) is 4.79 Å². The van der Waals surface area contributed by atoms with Gasteiger partial charge in [0.15, 0.2) is 0 Å². The number of hydrogen-bond donors (Lipinski definition) is 0. The number of carbonyl (C=O) groups excluding carboxylic acids is 1. The molecule has 1 rings (SSSR count). The van der Waals surface area contributed by atoms with E-state index >= 15 is 0 Å². The monoisotopic (exact) mass is 194 g/mol. The van der Waals surface area contributed by atoms with Crippen molar-refractivity contribution in [2.45, 2.75) is 4.90 Å². The molecule has 0 spiro atoms. The summed E-state index contributed by atoms with van der Waals surface area (Å²) in [5.74, 6) is -0.0575. The van der Waals surface area contributed by atoms with Gasteiger partial charge in [-0.15, -0.1) is 0 Å². The molecule has 0 saturated heterocycles. The van der Waals surface area contributed by atoms with Crippen molar-refractivity contribution < 1.29 is 9.53 Å². The Morgan fingerprint density at radius 3 is 2.77 bits per heavy atom. The Hall–Kier alpha value is -1.22. The van der Waals surface area contributed by atoms with E-state index in [9.17, 15) is 4.79 Å². The molecule has 0 N–H and O–H groups in total. The van der Waals surface area contributed by atoms with Crippen molar-refractivity contribution in [3.05, 3.63) is 43.0 Å². The van der Waals surface area contributed by atoms with Crippen molar-refractivity contribution in [2.24, 2.45) is 0 Å². The number of rotatable bonds is 4. The van der Waals surface area contributed by atoms with E-state index < -0.39 is 0 Å². The molecule has 1 aromatic carbocycles. The van der Waals surface area contributed by atoms with Crippen LogP contribution in [0.25, 0.3) is 0 Å². The Kier molecular flexibility index (Phi) is 4.12. The Morgan fingerprint density at radius 2 is 2.15 bits per heavy atom. The van der Waals surface area contributed by atoms with Crippen molar-refractivity contribution in [3.63, 3.8) is 0 Å². The van der Waals surface area contributed by atoms with E-state index in [4.69, 9.17) is 4.74 Å².